The fourth-order valence-electron chi connectivity index (χ4n) is 5.48. The van der Waals surface area contributed by atoms with Crippen molar-refractivity contribution < 1.29 is 33.1 Å². The molecular weight excluding hydrogens is 578 g/mol. The number of aromatic carboxylic acids is 1. The summed E-state index contributed by atoms with van der Waals surface area (Å²) in [5, 5.41) is 16.7. The average Bonchev–Trinajstić information content (AvgIpc) is 3.67. The number of primary amides is 1. The van der Waals surface area contributed by atoms with Crippen molar-refractivity contribution in [2.45, 2.75) is 25.2 Å². The molecule has 0 radical (unpaired) electrons. The zero-order chi connectivity index (χ0) is 31.3. The standard InChI is InChI=1S/C29H24F2N8O5/c30-14-10-21(38(11-14)22(40)12-39-20-7-2-1-4-16(20)25(37-39)26(32)41)27(42)34-18-6-3-5-15(23(18)31)13-8-17(28(43)44)24-19(9-13)35-29(33)36-24/h1-9,14,21H,10-12H2,(H2,32,41)(H,34,42)(H,43,44)(H3,33,35,36)/t14-,21+/m1/s1. The number of nitrogen functional groups attached to an aromatic ring is 1. The van der Waals surface area contributed by atoms with E-state index in [1.165, 1.54) is 35.0 Å². The Labute approximate surface area is 246 Å². The van der Waals surface area contributed by atoms with Gasteiger partial charge in [0.1, 0.15) is 24.3 Å². The van der Waals surface area contributed by atoms with Crippen LogP contribution in [-0.4, -0.2) is 72.2 Å². The molecule has 1 aliphatic heterocycles. The van der Waals surface area contributed by atoms with E-state index in [0.717, 1.165) is 4.90 Å². The summed E-state index contributed by atoms with van der Waals surface area (Å²) >= 11 is 0. The first-order valence-corrected chi connectivity index (χ1v) is 13.3. The first-order chi connectivity index (χ1) is 21.0. The number of alkyl halides is 1. The largest absolute Gasteiger partial charge is 0.478 e. The van der Waals surface area contributed by atoms with Crippen molar-refractivity contribution in [3.63, 3.8) is 0 Å². The SMILES string of the molecule is NC(=O)c1nn(CC(=O)N2C[C@H](F)C[C@H]2C(=O)Nc2cccc(-c3cc(C(=O)O)c4nc(N)[nH]c4c3)c2F)c2ccccc12. The number of carbonyl (C=O) groups is 4. The number of anilines is 2. The highest BCUT2D eigenvalue weighted by Gasteiger charge is 2.40. The topological polar surface area (TPSA) is 202 Å². The molecule has 13 nitrogen and oxygen atoms in total. The monoisotopic (exact) mass is 602 g/mol. The number of hydrogen-bond donors (Lipinski definition) is 5. The smallest absolute Gasteiger partial charge is 0.338 e. The third kappa shape index (κ3) is 4.93. The van der Waals surface area contributed by atoms with Gasteiger partial charge in [-0.25, -0.2) is 18.6 Å². The fraction of sp³-hybridized carbons (Fsp3) is 0.172. The third-order valence-corrected chi connectivity index (χ3v) is 7.45. The lowest BCUT2D eigenvalue weighted by Crippen LogP contribution is -2.44. The molecule has 3 aromatic carbocycles. The lowest BCUT2D eigenvalue weighted by Gasteiger charge is -2.24. The van der Waals surface area contributed by atoms with Gasteiger partial charge in [0.25, 0.3) is 5.91 Å². The van der Waals surface area contributed by atoms with E-state index >= 15 is 4.39 Å². The highest BCUT2D eigenvalue weighted by atomic mass is 19.1. The van der Waals surface area contributed by atoms with E-state index in [9.17, 15) is 28.7 Å². The van der Waals surface area contributed by atoms with Crippen LogP contribution < -0.4 is 16.8 Å². The zero-order valence-corrected chi connectivity index (χ0v) is 22.8. The number of aromatic amines is 1. The quantitative estimate of drug-likeness (QED) is 0.187. The van der Waals surface area contributed by atoms with E-state index in [2.05, 4.69) is 20.4 Å². The van der Waals surface area contributed by atoms with E-state index in [4.69, 9.17) is 11.5 Å². The number of benzene rings is 3. The predicted molar refractivity (Wildman–Crippen MR) is 155 cm³/mol. The second kappa shape index (κ2) is 10.8. The van der Waals surface area contributed by atoms with Crippen molar-refractivity contribution >= 4 is 57.3 Å². The van der Waals surface area contributed by atoms with Crippen LogP contribution in [0.4, 0.5) is 20.4 Å². The van der Waals surface area contributed by atoms with Crippen molar-refractivity contribution in [1.82, 2.24) is 24.6 Å². The number of hydrogen-bond acceptors (Lipinski definition) is 7. The number of nitrogens with one attached hydrogen (secondary N) is 2. The van der Waals surface area contributed by atoms with Crippen LogP contribution in [0.1, 0.15) is 27.3 Å². The van der Waals surface area contributed by atoms with E-state index in [0.29, 0.717) is 10.9 Å². The molecule has 1 fully saturated rings. The molecule has 6 rings (SSSR count). The molecule has 1 saturated heterocycles. The van der Waals surface area contributed by atoms with Gasteiger partial charge in [-0.3, -0.25) is 19.1 Å². The molecule has 44 heavy (non-hydrogen) atoms. The summed E-state index contributed by atoms with van der Waals surface area (Å²) in [7, 11) is 0. The van der Waals surface area contributed by atoms with E-state index in [-0.39, 0.29) is 58.0 Å². The highest BCUT2D eigenvalue weighted by Crippen LogP contribution is 2.32. The van der Waals surface area contributed by atoms with Gasteiger partial charge in [0.05, 0.1) is 28.8 Å². The lowest BCUT2D eigenvalue weighted by molar-refractivity contribution is -0.137. The maximum absolute atomic E-state index is 15.8. The number of carboxylic acid groups (broad SMARTS) is 1. The van der Waals surface area contributed by atoms with Crippen LogP contribution in [-0.2, 0) is 16.1 Å². The minimum absolute atomic E-state index is 0.0166. The number of para-hydroxylation sites is 1. The summed E-state index contributed by atoms with van der Waals surface area (Å²) in [6.45, 7) is -0.771. The highest BCUT2D eigenvalue weighted by molar-refractivity contribution is 6.05. The number of nitrogens with zero attached hydrogens (tertiary/aromatic N) is 4. The Morgan fingerprint density at radius 1 is 1.11 bits per heavy atom. The van der Waals surface area contributed by atoms with Gasteiger partial charge >= 0.3 is 5.97 Å². The van der Waals surface area contributed by atoms with Crippen LogP contribution in [0, 0.1) is 5.82 Å². The van der Waals surface area contributed by atoms with Crippen molar-refractivity contribution in [2.24, 2.45) is 5.73 Å². The number of halogens is 2. The number of rotatable bonds is 7. The van der Waals surface area contributed by atoms with Crippen LogP contribution in [0.25, 0.3) is 33.1 Å². The first-order valence-electron chi connectivity index (χ1n) is 13.3. The summed E-state index contributed by atoms with van der Waals surface area (Å²) in [5.74, 6) is -4.44. The minimum Gasteiger partial charge on any atom is -0.478 e. The molecule has 1 aliphatic rings. The van der Waals surface area contributed by atoms with Crippen molar-refractivity contribution in [3.8, 4) is 11.1 Å². The molecule has 2 atom stereocenters. The molecule has 5 aromatic rings. The Balaban J connectivity index is 1.26. The summed E-state index contributed by atoms with van der Waals surface area (Å²) in [5.41, 5.74) is 11.6. The Morgan fingerprint density at radius 2 is 1.89 bits per heavy atom. The molecule has 7 N–H and O–H groups in total. The molecule has 0 spiro atoms. The number of carbonyl (C=O) groups excluding carboxylic acids is 3. The van der Waals surface area contributed by atoms with E-state index in [1.54, 1.807) is 24.3 Å². The van der Waals surface area contributed by atoms with Crippen LogP contribution in [0.3, 0.4) is 0 Å². The van der Waals surface area contributed by atoms with Crippen LogP contribution >= 0.6 is 0 Å². The molecule has 3 amide bonds. The van der Waals surface area contributed by atoms with E-state index in [1.807, 2.05) is 0 Å². The number of H-pyrrole nitrogens is 1. The maximum atomic E-state index is 15.8. The Hall–Kier alpha value is -5.86. The summed E-state index contributed by atoms with van der Waals surface area (Å²) in [6.07, 6.45) is -1.82. The van der Waals surface area contributed by atoms with Gasteiger partial charge in [-0.1, -0.05) is 30.3 Å². The van der Waals surface area contributed by atoms with Crippen molar-refractivity contribution in [3.05, 3.63) is 71.7 Å². The Morgan fingerprint density at radius 3 is 2.64 bits per heavy atom. The van der Waals surface area contributed by atoms with Gasteiger partial charge in [0, 0.05) is 17.4 Å². The lowest BCUT2D eigenvalue weighted by atomic mass is 10.0. The van der Waals surface area contributed by atoms with Crippen molar-refractivity contribution in [1.29, 1.82) is 0 Å². The van der Waals surface area contributed by atoms with Gasteiger partial charge < -0.3 is 31.8 Å². The number of carboxylic acids is 1. The van der Waals surface area contributed by atoms with E-state index < -0.39 is 48.3 Å². The fourth-order valence-corrected chi connectivity index (χ4v) is 5.48. The zero-order valence-electron chi connectivity index (χ0n) is 22.8. The summed E-state index contributed by atoms with van der Waals surface area (Å²) in [6, 6.07) is 12.2. The molecular formula is C29H24F2N8O5. The molecule has 0 bridgehead atoms. The van der Waals surface area contributed by atoms with Crippen LogP contribution in [0.2, 0.25) is 0 Å². The normalized spacial score (nSPS) is 16.5. The number of imidazole rings is 1. The third-order valence-electron chi connectivity index (χ3n) is 7.45. The Kier molecular flexibility index (Phi) is 6.91. The number of nitrogens with two attached hydrogens (primary N) is 2. The number of aromatic nitrogens is 4. The molecule has 0 unspecified atom stereocenters. The molecule has 224 valence electrons. The van der Waals surface area contributed by atoms with Gasteiger partial charge in [-0.2, -0.15) is 5.10 Å². The number of fused-ring (bicyclic) bond motifs is 2. The first kappa shape index (κ1) is 28.3. The minimum atomic E-state index is -1.51. The second-order valence-electron chi connectivity index (χ2n) is 10.3. The second-order valence-corrected chi connectivity index (χ2v) is 10.3. The summed E-state index contributed by atoms with van der Waals surface area (Å²) in [4.78, 5) is 58.1. The molecule has 3 heterocycles. The molecule has 2 aromatic heterocycles. The molecule has 15 heteroatoms. The maximum Gasteiger partial charge on any atom is 0.338 e. The van der Waals surface area contributed by atoms with Crippen molar-refractivity contribution in [2.75, 3.05) is 17.6 Å². The molecule has 0 aliphatic carbocycles. The number of amides is 3. The predicted octanol–water partition coefficient (Wildman–Crippen LogP) is 2.68. The Bertz CT molecular complexity index is 2000. The summed E-state index contributed by atoms with van der Waals surface area (Å²) < 4.78 is 31.6. The van der Waals surface area contributed by atoms with Gasteiger partial charge in [-0.15, -0.1) is 0 Å². The van der Waals surface area contributed by atoms with Crippen LogP contribution in [0.15, 0.2) is 54.6 Å². The molecule has 0 saturated carbocycles. The number of likely N-dealkylation sites (tertiary alicyclic amines) is 1. The average molecular weight is 603 g/mol. The van der Waals surface area contributed by atoms with Gasteiger partial charge in [0.15, 0.2) is 17.5 Å². The van der Waals surface area contributed by atoms with Crippen LogP contribution in [0.5, 0.6) is 0 Å². The van der Waals surface area contributed by atoms with Gasteiger partial charge in [0.2, 0.25) is 11.8 Å². The van der Waals surface area contributed by atoms with Gasteiger partial charge in [-0.05, 0) is 29.8 Å².